The SMILES string of the molecule is CS(=O)(=O)c1ccc(N2CCC(C3CCCN3)CC2)c(F)c1. The Morgan fingerprint density at radius 1 is 1.23 bits per heavy atom. The van der Waals surface area contributed by atoms with Gasteiger partial charge in [-0.3, -0.25) is 0 Å². The van der Waals surface area contributed by atoms with Crippen molar-refractivity contribution in [1.82, 2.24) is 5.32 Å². The Bertz CT molecular complexity index is 634. The number of sulfone groups is 1. The lowest BCUT2D eigenvalue weighted by atomic mass is 9.88. The number of rotatable bonds is 3. The van der Waals surface area contributed by atoms with Crippen LogP contribution in [0.4, 0.5) is 10.1 Å². The van der Waals surface area contributed by atoms with E-state index in [1.165, 1.54) is 18.9 Å². The molecule has 1 aromatic rings. The van der Waals surface area contributed by atoms with E-state index in [1.54, 1.807) is 6.07 Å². The van der Waals surface area contributed by atoms with Crippen LogP contribution in [0.25, 0.3) is 0 Å². The highest BCUT2D eigenvalue weighted by molar-refractivity contribution is 7.90. The van der Waals surface area contributed by atoms with Crippen LogP contribution in [0.5, 0.6) is 0 Å². The van der Waals surface area contributed by atoms with Crippen LogP contribution in [0.1, 0.15) is 25.7 Å². The summed E-state index contributed by atoms with van der Waals surface area (Å²) in [5, 5.41) is 3.56. The van der Waals surface area contributed by atoms with Crippen LogP contribution < -0.4 is 10.2 Å². The van der Waals surface area contributed by atoms with Crippen molar-refractivity contribution >= 4 is 15.5 Å². The normalized spacial score (nSPS) is 23.9. The number of piperidine rings is 1. The zero-order chi connectivity index (χ0) is 15.7. The molecule has 122 valence electrons. The summed E-state index contributed by atoms with van der Waals surface area (Å²) in [5.74, 6) is 0.234. The Balaban J connectivity index is 1.68. The summed E-state index contributed by atoms with van der Waals surface area (Å²) in [7, 11) is -3.36. The lowest BCUT2D eigenvalue weighted by Gasteiger charge is -2.36. The molecule has 0 aliphatic carbocycles. The van der Waals surface area contributed by atoms with E-state index < -0.39 is 15.7 Å². The predicted molar refractivity (Wildman–Crippen MR) is 85.5 cm³/mol. The minimum absolute atomic E-state index is 0.0405. The van der Waals surface area contributed by atoms with Crippen molar-refractivity contribution in [3.8, 4) is 0 Å². The van der Waals surface area contributed by atoms with E-state index in [0.717, 1.165) is 44.8 Å². The highest BCUT2D eigenvalue weighted by Crippen LogP contribution is 2.30. The molecule has 2 fully saturated rings. The third kappa shape index (κ3) is 3.27. The maximum absolute atomic E-state index is 14.2. The van der Waals surface area contributed by atoms with Crippen LogP contribution in [0.3, 0.4) is 0 Å². The molecule has 0 radical (unpaired) electrons. The van der Waals surface area contributed by atoms with Gasteiger partial charge in [-0.2, -0.15) is 0 Å². The highest BCUT2D eigenvalue weighted by Gasteiger charge is 2.29. The van der Waals surface area contributed by atoms with E-state index in [4.69, 9.17) is 0 Å². The van der Waals surface area contributed by atoms with Crippen LogP contribution >= 0.6 is 0 Å². The lowest BCUT2D eigenvalue weighted by molar-refractivity contribution is 0.318. The molecular formula is C16H23FN2O2S. The molecule has 1 atom stereocenters. The van der Waals surface area contributed by atoms with E-state index >= 15 is 0 Å². The van der Waals surface area contributed by atoms with Crippen LogP contribution in [0.15, 0.2) is 23.1 Å². The van der Waals surface area contributed by atoms with Crippen molar-refractivity contribution in [3.05, 3.63) is 24.0 Å². The van der Waals surface area contributed by atoms with E-state index in [9.17, 15) is 12.8 Å². The molecule has 1 unspecified atom stereocenters. The molecule has 2 heterocycles. The number of hydrogen-bond donors (Lipinski definition) is 1. The molecule has 2 saturated heterocycles. The summed E-state index contributed by atoms with van der Waals surface area (Å²) >= 11 is 0. The molecule has 0 bridgehead atoms. The van der Waals surface area contributed by atoms with Gasteiger partial charge in [-0.15, -0.1) is 0 Å². The van der Waals surface area contributed by atoms with E-state index in [1.807, 2.05) is 4.90 Å². The number of halogens is 1. The van der Waals surface area contributed by atoms with Gasteiger partial charge < -0.3 is 10.2 Å². The zero-order valence-corrected chi connectivity index (χ0v) is 13.7. The van der Waals surface area contributed by atoms with Gasteiger partial charge in [-0.25, -0.2) is 12.8 Å². The predicted octanol–water partition coefficient (Wildman–Crippen LogP) is 2.20. The molecular weight excluding hydrogens is 303 g/mol. The van der Waals surface area contributed by atoms with Gasteiger partial charge >= 0.3 is 0 Å². The second kappa shape index (κ2) is 6.16. The minimum Gasteiger partial charge on any atom is -0.369 e. The Hall–Kier alpha value is -1.14. The molecule has 3 rings (SSSR count). The van der Waals surface area contributed by atoms with Crippen molar-refractivity contribution in [3.63, 3.8) is 0 Å². The largest absolute Gasteiger partial charge is 0.369 e. The number of nitrogens with zero attached hydrogens (tertiary/aromatic N) is 1. The first-order valence-electron chi connectivity index (χ1n) is 7.93. The van der Waals surface area contributed by atoms with Gasteiger partial charge in [-0.1, -0.05) is 0 Å². The molecule has 2 aliphatic heterocycles. The van der Waals surface area contributed by atoms with E-state index in [2.05, 4.69) is 5.32 Å². The first-order valence-corrected chi connectivity index (χ1v) is 9.82. The molecule has 0 amide bonds. The molecule has 1 N–H and O–H groups in total. The molecule has 0 spiro atoms. The summed E-state index contributed by atoms with van der Waals surface area (Å²) in [6.45, 7) is 2.78. The second-order valence-electron chi connectivity index (χ2n) is 6.41. The Morgan fingerprint density at radius 3 is 2.50 bits per heavy atom. The third-order valence-electron chi connectivity index (χ3n) is 4.90. The summed E-state index contributed by atoms with van der Waals surface area (Å²) in [6, 6.07) is 4.85. The molecule has 1 aromatic carbocycles. The fourth-order valence-corrected chi connectivity index (χ4v) is 4.26. The Labute approximate surface area is 131 Å². The lowest BCUT2D eigenvalue weighted by Crippen LogP contribution is -2.41. The number of anilines is 1. The van der Waals surface area contributed by atoms with Crippen LogP contribution in [-0.4, -0.2) is 40.3 Å². The summed E-state index contributed by atoms with van der Waals surface area (Å²) < 4.78 is 37.2. The van der Waals surface area contributed by atoms with Crippen molar-refractivity contribution in [1.29, 1.82) is 0 Å². The van der Waals surface area contributed by atoms with Gasteiger partial charge in [0.2, 0.25) is 0 Å². The first-order chi connectivity index (χ1) is 10.4. The monoisotopic (exact) mass is 326 g/mol. The average Bonchev–Trinajstić information content (AvgIpc) is 3.01. The van der Waals surface area contributed by atoms with Crippen molar-refractivity contribution in [2.75, 3.05) is 30.8 Å². The van der Waals surface area contributed by atoms with E-state index in [-0.39, 0.29) is 4.90 Å². The molecule has 6 heteroatoms. The molecule has 2 aliphatic rings. The standard InChI is InChI=1S/C16H23FN2O2S/c1-22(20,21)13-4-5-16(14(17)11-13)19-9-6-12(7-10-19)15-3-2-8-18-15/h4-5,11-12,15,18H,2-3,6-10H2,1H3. The quantitative estimate of drug-likeness (QED) is 0.925. The molecule has 22 heavy (non-hydrogen) atoms. The fraction of sp³-hybridized carbons (Fsp3) is 0.625. The topological polar surface area (TPSA) is 49.4 Å². The summed E-state index contributed by atoms with van der Waals surface area (Å²) in [4.78, 5) is 2.08. The fourth-order valence-electron chi connectivity index (χ4n) is 3.63. The summed E-state index contributed by atoms with van der Waals surface area (Å²) in [6.07, 6.45) is 5.73. The van der Waals surface area contributed by atoms with Gasteiger partial charge in [0.1, 0.15) is 5.82 Å². The van der Waals surface area contributed by atoms with Crippen molar-refractivity contribution in [2.45, 2.75) is 36.6 Å². The van der Waals surface area contributed by atoms with Gasteiger partial charge in [0.15, 0.2) is 9.84 Å². The smallest absolute Gasteiger partial charge is 0.175 e. The van der Waals surface area contributed by atoms with Crippen LogP contribution in [-0.2, 0) is 9.84 Å². The zero-order valence-electron chi connectivity index (χ0n) is 12.9. The Kier molecular flexibility index (Phi) is 4.41. The number of hydrogen-bond acceptors (Lipinski definition) is 4. The maximum atomic E-state index is 14.2. The van der Waals surface area contributed by atoms with Crippen molar-refractivity contribution in [2.24, 2.45) is 5.92 Å². The van der Waals surface area contributed by atoms with Gasteiger partial charge in [0, 0.05) is 25.4 Å². The minimum atomic E-state index is -3.36. The maximum Gasteiger partial charge on any atom is 0.175 e. The van der Waals surface area contributed by atoms with Crippen LogP contribution in [0.2, 0.25) is 0 Å². The van der Waals surface area contributed by atoms with E-state index in [0.29, 0.717) is 17.6 Å². The van der Waals surface area contributed by atoms with Gasteiger partial charge in [0.25, 0.3) is 0 Å². The van der Waals surface area contributed by atoms with Crippen LogP contribution in [0, 0.1) is 11.7 Å². The van der Waals surface area contributed by atoms with Gasteiger partial charge in [-0.05, 0) is 56.3 Å². The van der Waals surface area contributed by atoms with Crippen molar-refractivity contribution < 1.29 is 12.8 Å². The Morgan fingerprint density at radius 2 is 1.95 bits per heavy atom. The highest BCUT2D eigenvalue weighted by atomic mass is 32.2. The second-order valence-corrected chi connectivity index (χ2v) is 8.43. The third-order valence-corrected chi connectivity index (χ3v) is 6.01. The molecule has 0 aromatic heterocycles. The number of benzene rings is 1. The average molecular weight is 326 g/mol. The number of nitrogens with one attached hydrogen (secondary N) is 1. The first kappa shape index (κ1) is 15.7. The molecule has 4 nitrogen and oxygen atoms in total. The summed E-state index contributed by atoms with van der Waals surface area (Å²) in [5.41, 5.74) is 0.519. The molecule has 0 saturated carbocycles. The van der Waals surface area contributed by atoms with Gasteiger partial charge in [0.05, 0.1) is 10.6 Å².